The molecule has 0 atom stereocenters. The highest BCUT2D eigenvalue weighted by molar-refractivity contribution is 5.75. The lowest BCUT2D eigenvalue weighted by Crippen LogP contribution is -2.30. The van der Waals surface area contributed by atoms with E-state index in [-0.39, 0.29) is 0 Å². The van der Waals surface area contributed by atoms with Crippen LogP contribution in [0.25, 0.3) is 0 Å². The smallest absolute Gasteiger partial charge is 0.433 e. The lowest BCUT2D eigenvalue weighted by molar-refractivity contribution is -0.402. The number of rotatable bonds is 4. The molecule has 0 aromatic carbocycles. The third-order valence-electron chi connectivity index (χ3n) is 1.54. The van der Waals surface area contributed by atoms with E-state index in [1.807, 2.05) is 0 Å². The fourth-order valence-corrected chi connectivity index (χ4v) is 0.854. The Morgan fingerprint density at radius 1 is 1.60 bits per heavy atom. The zero-order chi connectivity index (χ0) is 11.6. The van der Waals surface area contributed by atoms with Gasteiger partial charge in [0.05, 0.1) is 12.5 Å². The summed E-state index contributed by atoms with van der Waals surface area (Å²) in [6.07, 6.45) is -1.21. The maximum atomic E-state index is 12.6. The monoisotopic (exact) mass is 221 g/mol. The summed E-state index contributed by atoms with van der Waals surface area (Å²) in [5.74, 6) is -7.45. The molecule has 0 saturated carbocycles. The highest BCUT2D eigenvalue weighted by atomic mass is 19.3. The number of carboxylic acid groups (broad SMARTS) is 1. The molecular weight excluding hydrogens is 216 g/mol. The Bertz CT molecular complexity index is 400. The zero-order valence-electron chi connectivity index (χ0n) is 7.15. The summed E-state index contributed by atoms with van der Waals surface area (Å²) >= 11 is 0. The molecule has 0 aliphatic carbocycles. The van der Waals surface area contributed by atoms with Gasteiger partial charge in [-0.1, -0.05) is 0 Å². The minimum absolute atomic E-state index is 0.450. The number of nitrogens with zero attached hydrogens (tertiary/aromatic N) is 1. The van der Waals surface area contributed by atoms with E-state index >= 15 is 0 Å². The average molecular weight is 221 g/mol. The molecular formula is C7H5F2NO5. The second kappa shape index (κ2) is 3.64. The first-order valence-electron chi connectivity index (χ1n) is 3.67. The van der Waals surface area contributed by atoms with Crippen molar-refractivity contribution in [3.05, 3.63) is 28.0 Å². The molecule has 0 bridgehead atoms. The van der Waals surface area contributed by atoms with Gasteiger partial charge in [-0.3, -0.25) is 10.1 Å². The molecule has 82 valence electrons. The van der Waals surface area contributed by atoms with E-state index < -0.39 is 34.9 Å². The Kier molecular flexibility index (Phi) is 2.69. The number of hydrogen-bond donors (Lipinski definition) is 1. The van der Waals surface area contributed by atoms with E-state index in [0.717, 1.165) is 12.1 Å². The van der Waals surface area contributed by atoms with Gasteiger partial charge in [0, 0.05) is 0 Å². The van der Waals surface area contributed by atoms with Crippen molar-refractivity contribution in [3.63, 3.8) is 0 Å². The van der Waals surface area contributed by atoms with Crippen LogP contribution in [-0.4, -0.2) is 21.9 Å². The van der Waals surface area contributed by atoms with E-state index in [2.05, 4.69) is 4.42 Å². The first-order chi connectivity index (χ1) is 6.83. The molecule has 1 aromatic rings. The van der Waals surface area contributed by atoms with Gasteiger partial charge in [-0.05, 0) is 6.07 Å². The highest BCUT2D eigenvalue weighted by Crippen LogP contribution is 2.24. The molecule has 0 aliphatic heterocycles. The molecule has 0 unspecified atom stereocenters. The Hall–Kier alpha value is -1.99. The summed E-state index contributed by atoms with van der Waals surface area (Å²) in [6.45, 7) is 0. The summed E-state index contributed by atoms with van der Waals surface area (Å²) in [7, 11) is 0. The van der Waals surface area contributed by atoms with Crippen molar-refractivity contribution >= 4 is 11.9 Å². The molecule has 15 heavy (non-hydrogen) atoms. The second-order valence-corrected chi connectivity index (χ2v) is 2.68. The fourth-order valence-electron chi connectivity index (χ4n) is 0.854. The highest BCUT2D eigenvalue weighted by Gasteiger charge is 2.40. The largest absolute Gasteiger partial charge is 0.477 e. The van der Waals surface area contributed by atoms with Crippen molar-refractivity contribution in [3.8, 4) is 0 Å². The maximum absolute atomic E-state index is 12.6. The molecule has 0 saturated heterocycles. The number of furan rings is 1. The third-order valence-corrected chi connectivity index (χ3v) is 1.54. The van der Waals surface area contributed by atoms with Crippen molar-refractivity contribution in [2.24, 2.45) is 0 Å². The molecule has 0 aliphatic rings. The van der Waals surface area contributed by atoms with Crippen molar-refractivity contribution < 1.29 is 28.0 Å². The molecule has 0 fully saturated rings. The van der Waals surface area contributed by atoms with Gasteiger partial charge in [0.25, 0.3) is 0 Å². The van der Waals surface area contributed by atoms with E-state index in [1.165, 1.54) is 0 Å². The van der Waals surface area contributed by atoms with Gasteiger partial charge in [0.15, 0.2) is 0 Å². The topological polar surface area (TPSA) is 93.6 Å². The van der Waals surface area contributed by atoms with E-state index in [1.54, 1.807) is 0 Å². The van der Waals surface area contributed by atoms with Crippen molar-refractivity contribution in [2.45, 2.75) is 12.3 Å². The first kappa shape index (κ1) is 11.1. The number of nitro groups is 1. The van der Waals surface area contributed by atoms with Crippen molar-refractivity contribution in [1.82, 2.24) is 0 Å². The van der Waals surface area contributed by atoms with Crippen LogP contribution in [0.1, 0.15) is 5.76 Å². The van der Waals surface area contributed by atoms with Gasteiger partial charge in [0.2, 0.25) is 0 Å². The molecule has 0 spiro atoms. The predicted molar refractivity (Wildman–Crippen MR) is 41.6 cm³/mol. The fraction of sp³-hybridized carbons (Fsp3) is 0.286. The van der Waals surface area contributed by atoms with Gasteiger partial charge in [0.1, 0.15) is 10.7 Å². The molecule has 1 rings (SSSR count). The summed E-state index contributed by atoms with van der Waals surface area (Å²) < 4.78 is 29.6. The Balaban J connectivity index is 2.82. The standard InChI is InChI=1S/C7H5F2NO5/c8-7(9,6(11)12)3-4-1-2-5(15-4)10(13)14/h1-2H,3H2,(H,11,12). The van der Waals surface area contributed by atoms with Gasteiger partial charge in [-0.25, -0.2) is 4.79 Å². The van der Waals surface area contributed by atoms with Crippen LogP contribution >= 0.6 is 0 Å². The lowest BCUT2D eigenvalue weighted by Gasteiger charge is -2.07. The Morgan fingerprint density at radius 2 is 2.20 bits per heavy atom. The molecule has 6 nitrogen and oxygen atoms in total. The predicted octanol–water partition coefficient (Wildman–Crippen LogP) is 1.45. The van der Waals surface area contributed by atoms with Crippen LogP contribution in [0.3, 0.4) is 0 Å². The number of carbonyl (C=O) groups is 1. The SMILES string of the molecule is O=C(O)C(F)(F)Cc1ccc([N+](=O)[O-])o1. The number of alkyl halides is 2. The van der Waals surface area contributed by atoms with Gasteiger partial charge < -0.3 is 9.52 Å². The van der Waals surface area contributed by atoms with Crippen LogP contribution in [0.15, 0.2) is 16.5 Å². The summed E-state index contributed by atoms with van der Waals surface area (Å²) in [6, 6.07) is 1.82. The lowest BCUT2D eigenvalue weighted by atomic mass is 10.2. The first-order valence-corrected chi connectivity index (χ1v) is 3.67. The van der Waals surface area contributed by atoms with Crippen LogP contribution in [-0.2, 0) is 11.2 Å². The zero-order valence-corrected chi connectivity index (χ0v) is 7.15. The second-order valence-electron chi connectivity index (χ2n) is 2.68. The number of carboxylic acids is 1. The minimum atomic E-state index is -3.99. The van der Waals surface area contributed by atoms with Crippen LogP contribution < -0.4 is 0 Å². The normalized spacial score (nSPS) is 11.3. The van der Waals surface area contributed by atoms with Crippen molar-refractivity contribution in [2.75, 3.05) is 0 Å². The Morgan fingerprint density at radius 3 is 2.60 bits per heavy atom. The number of halogens is 2. The van der Waals surface area contributed by atoms with Crippen molar-refractivity contribution in [1.29, 1.82) is 0 Å². The summed E-state index contributed by atoms with van der Waals surface area (Å²) in [4.78, 5) is 19.3. The quantitative estimate of drug-likeness (QED) is 0.613. The molecule has 0 radical (unpaired) electrons. The van der Waals surface area contributed by atoms with E-state index in [4.69, 9.17) is 5.11 Å². The number of aliphatic carboxylic acids is 1. The van der Waals surface area contributed by atoms with E-state index in [0.29, 0.717) is 0 Å². The van der Waals surface area contributed by atoms with Crippen LogP contribution in [0.4, 0.5) is 14.7 Å². The average Bonchev–Trinajstić information content (AvgIpc) is 2.51. The molecule has 1 heterocycles. The van der Waals surface area contributed by atoms with Gasteiger partial charge in [-0.2, -0.15) is 8.78 Å². The third kappa shape index (κ3) is 2.48. The molecule has 8 heteroatoms. The summed E-state index contributed by atoms with van der Waals surface area (Å²) in [5, 5.41) is 18.2. The Labute approximate surface area is 81.3 Å². The van der Waals surface area contributed by atoms with E-state index in [9.17, 15) is 23.7 Å². The minimum Gasteiger partial charge on any atom is -0.477 e. The van der Waals surface area contributed by atoms with Gasteiger partial charge >= 0.3 is 17.8 Å². The van der Waals surface area contributed by atoms with Crippen LogP contribution in [0.5, 0.6) is 0 Å². The molecule has 1 N–H and O–H groups in total. The van der Waals surface area contributed by atoms with Crippen LogP contribution in [0, 0.1) is 10.1 Å². The van der Waals surface area contributed by atoms with Gasteiger partial charge in [-0.15, -0.1) is 0 Å². The van der Waals surface area contributed by atoms with Crippen LogP contribution in [0.2, 0.25) is 0 Å². The number of hydrogen-bond acceptors (Lipinski definition) is 4. The summed E-state index contributed by atoms with van der Waals surface area (Å²) in [5.41, 5.74) is 0. The molecule has 0 amide bonds. The molecule has 1 aromatic heterocycles. The maximum Gasteiger partial charge on any atom is 0.433 e.